The fourth-order valence-corrected chi connectivity index (χ4v) is 2.98. The standard InChI is InChI=1S/C16H22Cl2N2O3/c17-13-3-4-15(14(18)12-13)23-11-1-2-16(22)20-7-5-19(6-8-20)9-10-21/h3-4,12,21H,1-2,5-11H2. The average molecular weight is 361 g/mol. The van der Waals surface area contributed by atoms with Crippen molar-refractivity contribution in [3.63, 3.8) is 0 Å². The van der Waals surface area contributed by atoms with Gasteiger partial charge in [0.25, 0.3) is 0 Å². The maximum absolute atomic E-state index is 12.1. The van der Waals surface area contributed by atoms with Crippen LogP contribution < -0.4 is 4.74 Å². The third-order valence-electron chi connectivity index (χ3n) is 3.83. The van der Waals surface area contributed by atoms with Crippen LogP contribution in [0.5, 0.6) is 5.75 Å². The van der Waals surface area contributed by atoms with Crippen LogP contribution in [0.2, 0.25) is 10.0 Å². The number of ether oxygens (including phenoxy) is 1. The van der Waals surface area contributed by atoms with E-state index < -0.39 is 0 Å². The molecular weight excluding hydrogens is 339 g/mol. The van der Waals surface area contributed by atoms with Crippen LogP contribution in [0.25, 0.3) is 0 Å². The summed E-state index contributed by atoms with van der Waals surface area (Å²) in [5.74, 6) is 0.737. The molecule has 23 heavy (non-hydrogen) atoms. The Bertz CT molecular complexity index is 520. The van der Waals surface area contributed by atoms with Crippen molar-refractivity contribution in [3.8, 4) is 5.75 Å². The number of aliphatic hydroxyl groups is 1. The molecule has 5 nitrogen and oxygen atoms in total. The van der Waals surface area contributed by atoms with Gasteiger partial charge in [0.2, 0.25) is 5.91 Å². The molecule has 1 aromatic rings. The number of hydrogen-bond acceptors (Lipinski definition) is 4. The highest BCUT2D eigenvalue weighted by atomic mass is 35.5. The van der Waals surface area contributed by atoms with E-state index >= 15 is 0 Å². The summed E-state index contributed by atoms with van der Waals surface area (Å²) in [5.41, 5.74) is 0. The Kier molecular flexibility index (Phi) is 7.43. The summed E-state index contributed by atoms with van der Waals surface area (Å²) in [4.78, 5) is 16.2. The fraction of sp³-hybridized carbons (Fsp3) is 0.562. The molecule has 1 aliphatic rings. The van der Waals surface area contributed by atoms with E-state index in [1.54, 1.807) is 18.2 Å². The molecule has 0 aliphatic carbocycles. The molecule has 0 saturated carbocycles. The second-order valence-corrected chi connectivity index (χ2v) is 6.32. The number of β-amino-alcohol motifs (C(OH)–C–C–N with tert-alkyl or cyclic N) is 1. The lowest BCUT2D eigenvalue weighted by atomic mass is 10.2. The number of piperazine rings is 1. The van der Waals surface area contributed by atoms with Gasteiger partial charge in [-0.1, -0.05) is 23.2 Å². The molecule has 1 aliphatic heterocycles. The Morgan fingerprint density at radius 1 is 1.22 bits per heavy atom. The maximum atomic E-state index is 12.1. The van der Waals surface area contributed by atoms with E-state index in [2.05, 4.69) is 4.90 Å². The van der Waals surface area contributed by atoms with E-state index in [1.165, 1.54) is 0 Å². The zero-order chi connectivity index (χ0) is 16.7. The van der Waals surface area contributed by atoms with Crippen LogP contribution in [0.4, 0.5) is 0 Å². The Labute approximate surface area is 146 Å². The van der Waals surface area contributed by atoms with Crippen LogP contribution in [0.1, 0.15) is 12.8 Å². The fourth-order valence-electron chi connectivity index (χ4n) is 2.52. The number of amides is 1. The first-order valence-corrected chi connectivity index (χ1v) is 8.54. The summed E-state index contributed by atoms with van der Waals surface area (Å²) in [5, 5.41) is 9.96. The zero-order valence-corrected chi connectivity index (χ0v) is 14.5. The highest BCUT2D eigenvalue weighted by molar-refractivity contribution is 6.35. The SMILES string of the molecule is O=C(CCCOc1ccc(Cl)cc1Cl)N1CCN(CCO)CC1. The predicted octanol–water partition coefficient (Wildman–Crippen LogP) is 2.29. The molecule has 1 heterocycles. The number of benzene rings is 1. The minimum Gasteiger partial charge on any atom is -0.492 e. The van der Waals surface area contributed by atoms with Crippen molar-refractivity contribution in [2.75, 3.05) is 45.9 Å². The largest absolute Gasteiger partial charge is 0.492 e. The van der Waals surface area contributed by atoms with E-state index in [-0.39, 0.29) is 12.5 Å². The third kappa shape index (κ3) is 5.84. The molecule has 2 rings (SSSR count). The molecule has 0 bridgehead atoms. The van der Waals surface area contributed by atoms with Gasteiger partial charge >= 0.3 is 0 Å². The van der Waals surface area contributed by atoms with Gasteiger partial charge in [-0.25, -0.2) is 0 Å². The molecule has 7 heteroatoms. The lowest BCUT2D eigenvalue weighted by molar-refractivity contribution is -0.133. The number of hydrogen-bond donors (Lipinski definition) is 1. The van der Waals surface area contributed by atoms with Gasteiger partial charge < -0.3 is 14.7 Å². The molecule has 1 fully saturated rings. The van der Waals surface area contributed by atoms with E-state index in [9.17, 15) is 4.79 Å². The summed E-state index contributed by atoms with van der Waals surface area (Å²) in [7, 11) is 0. The van der Waals surface area contributed by atoms with Crippen LogP contribution in [-0.4, -0.2) is 66.8 Å². The lowest BCUT2D eigenvalue weighted by Crippen LogP contribution is -2.49. The van der Waals surface area contributed by atoms with Gasteiger partial charge in [-0.15, -0.1) is 0 Å². The third-order valence-corrected chi connectivity index (χ3v) is 4.36. The van der Waals surface area contributed by atoms with Gasteiger partial charge in [0.05, 0.1) is 18.2 Å². The first-order chi connectivity index (χ1) is 11.1. The number of nitrogens with zero attached hydrogens (tertiary/aromatic N) is 2. The van der Waals surface area contributed by atoms with Crippen LogP contribution >= 0.6 is 23.2 Å². The molecule has 0 unspecified atom stereocenters. The highest BCUT2D eigenvalue weighted by Gasteiger charge is 2.20. The Hall–Kier alpha value is -1.01. The summed E-state index contributed by atoms with van der Waals surface area (Å²) in [6.07, 6.45) is 1.11. The number of carbonyl (C=O) groups is 1. The van der Waals surface area contributed by atoms with E-state index in [0.717, 1.165) is 26.2 Å². The van der Waals surface area contributed by atoms with E-state index in [4.69, 9.17) is 33.0 Å². The monoisotopic (exact) mass is 360 g/mol. The number of rotatable bonds is 7. The predicted molar refractivity (Wildman–Crippen MR) is 91.3 cm³/mol. The van der Waals surface area contributed by atoms with Gasteiger partial charge in [-0.2, -0.15) is 0 Å². The lowest BCUT2D eigenvalue weighted by Gasteiger charge is -2.34. The second kappa shape index (κ2) is 9.33. The molecule has 1 N–H and O–H groups in total. The van der Waals surface area contributed by atoms with Gasteiger partial charge in [0.1, 0.15) is 5.75 Å². The first kappa shape index (κ1) is 18.3. The minimum absolute atomic E-state index is 0.152. The van der Waals surface area contributed by atoms with Crippen LogP contribution in [-0.2, 0) is 4.79 Å². The van der Waals surface area contributed by atoms with Crippen molar-refractivity contribution >= 4 is 29.1 Å². The molecular formula is C16H22Cl2N2O3. The molecule has 0 radical (unpaired) electrons. The number of halogens is 2. The molecule has 0 spiro atoms. The van der Waals surface area contributed by atoms with Crippen molar-refractivity contribution in [2.45, 2.75) is 12.8 Å². The average Bonchev–Trinajstić information content (AvgIpc) is 2.54. The number of carbonyl (C=O) groups excluding carboxylic acids is 1. The van der Waals surface area contributed by atoms with E-state index in [1.807, 2.05) is 4.90 Å². The highest BCUT2D eigenvalue weighted by Crippen LogP contribution is 2.27. The summed E-state index contributed by atoms with van der Waals surface area (Å²) in [6, 6.07) is 5.09. The van der Waals surface area contributed by atoms with Crippen molar-refractivity contribution in [1.29, 1.82) is 0 Å². The van der Waals surface area contributed by atoms with Crippen LogP contribution in [0, 0.1) is 0 Å². The first-order valence-electron chi connectivity index (χ1n) is 7.79. The zero-order valence-electron chi connectivity index (χ0n) is 13.0. The van der Waals surface area contributed by atoms with E-state index in [0.29, 0.717) is 41.8 Å². The van der Waals surface area contributed by atoms with Crippen molar-refractivity contribution in [3.05, 3.63) is 28.2 Å². The molecule has 0 aromatic heterocycles. The normalized spacial score (nSPS) is 15.7. The smallest absolute Gasteiger partial charge is 0.222 e. The molecule has 1 aromatic carbocycles. The molecule has 1 saturated heterocycles. The van der Waals surface area contributed by atoms with Gasteiger partial charge in [0, 0.05) is 44.2 Å². The van der Waals surface area contributed by atoms with Crippen molar-refractivity contribution < 1.29 is 14.6 Å². The second-order valence-electron chi connectivity index (χ2n) is 5.47. The molecule has 0 atom stereocenters. The Morgan fingerprint density at radius 3 is 2.61 bits per heavy atom. The van der Waals surface area contributed by atoms with Gasteiger partial charge in [0.15, 0.2) is 0 Å². The van der Waals surface area contributed by atoms with Crippen molar-refractivity contribution in [1.82, 2.24) is 9.80 Å². The van der Waals surface area contributed by atoms with Crippen LogP contribution in [0.15, 0.2) is 18.2 Å². The molecule has 128 valence electrons. The summed E-state index contributed by atoms with van der Waals surface area (Å²) < 4.78 is 5.58. The van der Waals surface area contributed by atoms with Crippen molar-refractivity contribution in [2.24, 2.45) is 0 Å². The topological polar surface area (TPSA) is 53.0 Å². The Morgan fingerprint density at radius 2 is 1.96 bits per heavy atom. The van der Waals surface area contributed by atoms with Gasteiger partial charge in [-0.3, -0.25) is 9.69 Å². The maximum Gasteiger partial charge on any atom is 0.222 e. The summed E-state index contributed by atoms with van der Waals surface area (Å²) in [6.45, 7) is 4.38. The minimum atomic E-state index is 0.152. The van der Waals surface area contributed by atoms with Gasteiger partial charge in [-0.05, 0) is 24.6 Å². The quantitative estimate of drug-likeness (QED) is 0.758. The Balaban J connectivity index is 1.65. The van der Waals surface area contributed by atoms with Crippen LogP contribution in [0.3, 0.4) is 0 Å². The number of aliphatic hydroxyl groups excluding tert-OH is 1. The molecule has 1 amide bonds. The summed E-state index contributed by atoms with van der Waals surface area (Å²) >= 11 is 11.9.